The van der Waals surface area contributed by atoms with Gasteiger partial charge in [-0.05, 0) is 87.3 Å². The van der Waals surface area contributed by atoms with Crippen LogP contribution in [0.15, 0.2) is 47.4 Å². The molecule has 0 saturated carbocycles. The number of benzene rings is 2. The van der Waals surface area contributed by atoms with Crippen molar-refractivity contribution in [1.29, 1.82) is 0 Å². The van der Waals surface area contributed by atoms with Gasteiger partial charge in [0.1, 0.15) is 0 Å². The van der Waals surface area contributed by atoms with Gasteiger partial charge in [-0.15, -0.1) is 0 Å². The fourth-order valence-corrected chi connectivity index (χ4v) is 4.09. The van der Waals surface area contributed by atoms with Crippen LogP contribution in [0.5, 0.6) is 0 Å². The zero-order chi connectivity index (χ0) is 19.4. The molecule has 3 N–H and O–H groups in total. The van der Waals surface area contributed by atoms with Crippen LogP contribution in [-0.2, 0) is 10.0 Å². The van der Waals surface area contributed by atoms with Crippen LogP contribution < -0.4 is 15.4 Å². The lowest BCUT2D eigenvalue weighted by atomic mass is 10.1. The van der Waals surface area contributed by atoms with Gasteiger partial charge in [-0.1, -0.05) is 6.07 Å². The number of amides is 1. The third-order valence-electron chi connectivity index (χ3n) is 4.86. The topological polar surface area (TPSA) is 87.3 Å². The number of carbonyl (C=O) groups excluding carboxylic acids is 1. The van der Waals surface area contributed by atoms with Crippen LogP contribution in [0.25, 0.3) is 0 Å². The molecule has 3 rings (SSSR count). The Labute approximate surface area is 160 Å². The van der Waals surface area contributed by atoms with Crippen LogP contribution in [0, 0.1) is 13.8 Å². The molecule has 0 atom stereocenters. The van der Waals surface area contributed by atoms with E-state index in [9.17, 15) is 13.2 Å². The van der Waals surface area contributed by atoms with E-state index in [0.717, 1.165) is 37.1 Å². The molecule has 27 heavy (non-hydrogen) atoms. The number of carbonyl (C=O) groups is 1. The number of piperidine rings is 1. The van der Waals surface area contributed by atoms with Gasteiger partial charge in [-0.3, -0.25) is 9.52 Å². The van der Waals surface area contributed by atoms with Gasteiger partial charge in [0.05, 0.1) is 4.90 Å². The molecule has 7 heteroatoms. The molecule has 6 nitrogen and oxygen atoms in total. The van der Waals surface area contributed by atoms with Crippen LogP contribution in [0.3, 0.4) is 0 Å². The maximum absolute atomic E-state index is 12.6. The van der Waals surface area contributed by atoms with E-state index >= 15 is 0 Å². The van der Waals surface area contributed by atoms with Crippen LogP contribution in [0.1, 0.15) is 34.3 Å². The first-order valence-corrected chi connectivity index (χ1v) is 10.6. The molecule has 0 aliphatic carbocycles. The van der Waals surface area contributed by atoms with Crippen LogP contribution >= 0.6 is 0 Å². The summed E-state index contributed by atoms with van der Waals surface area (Å²) in [5, 5.41) is 6.25. The molecule has 0 aromatic heterocycles. The van der Waals surface area contributed by atoms with Crippen LogP contribution in [0.2, 0.25) is 0 Å². The minimum atomic E-state index is -3.70. The second kappa shape index (κ2) is 8.10. The second-order valence-electron chi connectivity index (χ2n) is 6.93. The standard InChI is InChI=1S/C20H25N3O3S/c1-14-3-6-18(13-15(14)2)23-27(25,26)19-7-4-16(5-8-19)20(24)22-17-9-11-21-12-10-17/h3-8,13,17,21,23H,9-12H2,1-2H3,(H,22,24). The van der Waals surface area contributed by atoms with Gasteiger partial charge in [0.2, 0.25) is 0 Å². The lowest BCUT2D eigenvalue weighted by molar-refractivity contribution is 0.0929. The maximum atomic E-state index is 12.6. The molecular weight excluding hydrogens is 362 g/mol. The monoisotopic (exact) mass is 387 g/mol. The summed E-state index contributed by atoms with van der Waals surface area (Å²) in [6, 6.07) is 11.6. The lowest BCUT2D eigenvalue weighted by Gasteiger charge is -2.23. The molecule has 1 saturated heterocycles. The van der Waals surface area contributed by atoms with Crippen molar-refractivity contribution in [3.8, 4) is 0 Å². The first kappa shape index (κ1) is 19.4. The smallest absolute Gasteiger partial charge is 0.261 e. The summed E-state index contributed by atoms with van der Waals surface area (Å²) in [4.78, 5) is 12.5. The van der Waals surface area contributed by atoms with E-state index in [1.807, 2.05) is 19.9 Å². The SMILES string of the molecule is Cc1ccc(NS(=O)(=O)c2ccc(C(=O)NC3CCNCC3)cc2)cc1C. The van der Waals surface area contributed by atoms with E-state index in [-0.39, 0.29) is 16.8 Å². The Hall–Kier alpha value is -2.38. The first-order chi connectivity index (χ1) is 12.8. The molecule has 0 spiro atoms. The number of sulfonamides is 1. The Morgan fingerprint density at radius 1 is 1.00 bits per heavy atom. The van der Waals surface area contributed by atoms with Gasteiger partial charge in [0.25, 0.3) is 15.9 Å². The summed E-state index contributed by atoms with van der Waals surface area (Å²) < 4.78 is 27.7. The summed E-state index contributed by atoms with van der Waals surface area (Å²) in [6.45, 7) is 5.70. The predicted octanol–water partition coefficient (Wildman–Crippen LogP) is 2.59. The van der Waals surface area contributed by atoms with Gasteiger partial charge in [0, 0.05) is 17.3 Å². The number of nitrogens with one attached hydrogen (secondary N) is 3. The number of anilines is 1. The number of hydrogen-bond acceptors (Lipinski definition) is 4. The van der Waals surface area contributed by atoms with Gasteiger partial charge >= 0.3 is 0 Å². The number of rotatable bonds is 5. The highest BCUT2D eigenvalue weighted by molar-refractivity contribution is 7.92. The Bertz CT molecular complexity index is 918. The van der Waals surface area contributed by atoms with Crippen molar-refractivity contribution < 1.29 is 13.2 Å². The number of aryl methyl sites for hydroxylation is 2. The minimum Gasteiger partial charge on any atom is -0.349 e. The highest BCUT2D eigenvalue weighted by Gasteiger charge is 2.18. The van der Waals surface area contributed by atoms with Gasteiger partial charge in [-0.2, -0.15) is 0 Å². The van der Waals surface area contributed by atoms with Crippen molar-refractivity contribution in [1.82, 2.24) is 10.6 Å². The van der Waals surface area contributed by atoms with Gasteiger partial charge in [0.15, 0.2) is 0 Å². The Morgan fingerprint density at radius 3 is 2.30 bits per heavy atom. The third kappa shape index (κ3) is 4.87. The first-order valence-electron chi connectivity index (χ1n) is 9.07. The quantitative estimate of drug-likeness (QED) is 0.736. The molecule has 1 fully saturated rings. The molecule has 1 aliphatic heterocycles. The van der Waals surface area contributed by atoms with Crippen LogP contribution in [0.4, 0.5) is 5.69 Å². The van der Waals surface area contributed by atoms with Crippen LogP contribution in [-0.4, -0.2) is 33.5 Å². The number of hydrogen-bond donors (Lipinski definition) is 3. The van der Waals surface area contributed by atoms with E-state index < -0.39 is 10.0 Å². The van der Waals surface area contributed by atoms with E-state index in [1.165, 1.54) is 12.1 Å². The molecule has 0 unspecified atom stereocenters. The average molecular weight is 388 g/mol. The van der Waals surface area contributed by atoms with Crippen molar-refractivity contribution in [3.63, 3.8) is 0 Å². The molecule has 2 aromatic carbocycles. The Morgan fingerprint density at radius 2 is 1.67 bits per heavy atom. The summed E-state index contributed by atoms with van der Waals surface area (Å²) in [5.41, 5.74) is 3.09. The lowest BCUT2D eigenvalue weighted by Crippen LogP contribution is -2.42. The molecule has 144 valence electrons. The predicted molar refractivity (Wildman–Crippen MR) is 107 cm³/mol. The van der Waals surface area contributed by atoms with Crippen molar-refractivity contribution >= 4 is 21.6 Å². The van der Waals surface area contributed by atoms with E-state index in [4.69, 9.17) is 0 Å². The Kier molecular flexibility index (Phi) is 5.82. The summed E-state index contributed by atoms with van der Waals surface area (Å²) in [7, 11) is -3.70. The largest absolute Gasteiger partial charge is 0.349 e. The minimum absolute atomic E-state index is 0.124. The van der Waals surface area contributed by atoms with Gasteiger partial charge in [-0.25, -0.2) is 8.42 Å². The molecule has 1 heterocycles. The molecule has 0 radical (unpaired) electrons. The van der Waals surface area contributed by atoms with Crippen molar-refractivity contribution in [2.24, 2.45) is 0 Å². The average Bonchev–Trinajstić information content (AvgIpc) is 2.65. The zero-order valence-corrected chi connectivity index (χ0v) is 16.4. The van der Waals surface area contributed by atoms with Gasteiger partial charge < -0.3 is 10.6 Å². The summed E-state index contributed by atoms with van der Waals surface area (Å²) >= 11 is 0. The van der Waals surface area contributed by atoms with E-state index in [0.29, 0.717) is 11.3 Å². The molecule has 1 amide bonds. The second-order valence-corrected chi connectivity index (χ2v) is 8.61. The van der Waals surface area contributed by atoms with E-state index in [1.54, 1.807) is 24.3 Å². The van der Waals surface area contributed by atoms with Crippen molar-refractivity contribution in [2.45, 2.75) is 37.6 Å². The highest BCUT2D eigenvalue weighted by atomic mass is 32.2. The summed E-state index contributed by atoms with van der Waals surface area (Å²) in [5.74, 6) is -0.173. The van der Waals surface area contributed by atoms with Crippen molar-refractivity contribution in [2.75, 3.05) is 17.8 Å². The molecule has 1 aliphatic rings. The highest BCUT2D eigenvalue weighted by Crippen LogP contribution is 2.19. The van der Waals surface area contributed by atoms with Crippen molar-refractivity contribution in [3.05, 3.63) is 59.2 Å². The third-order valence-corrected chi connectivity index (χ3v) is 6.26. The maximum Gasteiger partial charge on any atom is 0.261 e. The molecular formula is C20H25N3O3S. The Balaban J connectivity index is 1.69. The normalized spacial score (nSPS) is 15.3. The zero-order valence-electron chi connectivity index (χ0n) is 15.6. The fourth-order valence-electron chi connectivity index (χ4n) is 3.04. The fraction of sp³-hybridized carbons (Fsp3) is 0.350. The van der Waals surface area contributed by atoms with E-state index in [2.05, 4.69) is 15.4 Å². The summed E-state index contributed by atoms with van der Waals surface area (Å²) in [6.07, 6.45) is 1.80. The molecule has 0 bridgehead atoms. The molecule has 2 aromatic rings.